The van der Waals surface area contributed by atoms with E-state index in [2.05, 4.69) is 0 Å². The SMILES string of the molecule is O=C(c1ccccc1C(F)(F)F)N1CCN(C(=O)[C@@H]2C[C@@H]2c2ccc3c(c2)OCO3)CC1. The van der Waals surface area contributed by atoms with Crippen LogP contribution in [-0.4, -0.2) is 54.6 Å². The molecule has 2 atom stereocenters. The summed E-state index contributed by atoms with van der Waals surface area (Å²) in [5.41, 5.74) is -0.261. The zero-order valence-corrected chi connectivity index (χ0v) is 17.1. The Morgan fingerprint density at radius 1 is 0.906 bits per heavy atom. The normalized spacial score (nSPS) is 22.1. The molecule has 6 nitrogen and oxygen atoms in total. The highest BCUT2D eigenvalue weighted by Crippen LogP contribution is 2.50. The number of piperazine rings is 1. The molecule has 9 heteroatoms. The Balaban J connectivity index is 1.20. The third-order valence-electron chi connectivity index (χ3n) is 6.27. The first-order chi connectivity index (χ1) is 15.3. The summed E-state index contributed by atoms with van der Waals surface area (Å²) in [5, 5.41) is 0. The van der Waals surface area contributed by atoms with Gasteiger partial charge in [-0.1, -0.05) is 18.2 Å². The van der Waals surface area contributed by atoms with Gasteiger partial charge in [0.2, 0.25) is 12.7 Å². The molecule has 2 aromatic carbocycles. The van der Waals surface area contributed by atoms with Crippen LogP contribution in [0.15, 0.2) is 42.5 Å². The van der Waals surface area contributed by atoms with Crippen molar-refractivity contribution in [2.45, 2.75) is 18.5 Å². The summed E-state index contributed by atoms with van der Waals surface area (Å²) < 4.78 is 50.5. The molecule has 0 spiro atoms. The number of benzene rings is 2. The number of fused-ring (bicyclic) bond motifs is 1. The van der Waals surface area contributed by atoms with Crippen molar-refractivity contribution in [1.29, 1.82) is 0 Å². The maximum Gasteiger partial charge on any atom is 0.417 e. The predicted octanol–water partition coefficient (Wildman–Crippen LogP) is 3.52. The summed E-state index contributed by atoms with van der Waals surface area (Å²) in [6.07, 6.45) is -3.85. The van der Waals surface area contributed by atoms with Crippen molar-refractivity contribution in [1.82, 2.24) is 9.80 Å². The molecule has 0 unspecified atom stereocenters. The molecule has 1 saturated heterocycles. The molecule has 2 amide bonds. The second-order valence-electron chi connectivity index (χ2n) is 8.22. The number of nitrogens with zero attached hydrogens (tertiary/aromatic N) is 2. The molecule has 32 heavy (non-hydrogen) atoms. The first-order valence-electron chi connectivity index (χ1n) is 10.5. The maximum absolute atomic E-state index is 13.3. The van der Waals surface area contributed by atoms with Gasteiger partial charge in [-0.25, -0.2) is 0 Å². The standard InChI is InChI=1S/C23H21F3N2O4/c24-23(25,26)18-4-2-1-3-15(18)21(29)27-7-9-28(10-8-27)22(30)17-12-16(17)14-5-6-19-20(11-14)32-13-31-19/h1-6,11,16-17H,7-10,12-13H2/t16-,17-/m1/s1. The Morgan fingerprint density at radius 2 is 1.59 bits per heavy atom. The lowest BCUT2D eigenvalue weighted by Gasteiger charge is -2.35. The molecule has 0 radical (unpaired) electrons. The van der Waals surface area contributed by atoms with Gasteiger partial charge in [0.05, 0.1) is 11.1 Å². The topological polar surface area (TPSA) is 59.1 Å². The van der Waals surface area contributed by atoms with Gasteiger partial charge in [-0.2, -0.15) is 13.2 Å². The van der Waals surface area contributed by atoms with Crippen molar-refractivity contribution in [3.63, 3.8) is 0 Å². The second kappa shape index (κ2) is 7.72. The van der Waals surface area contributed by atoms with Crippen molar-refractivity contribution in [3.05, 3.63) is 59.2 Å². The molecular weight excluding hydrogens is 425 g/mol. The van der Waals surface area contributed by atoms with Crippen molar-refractivity contribution in [2.24, 2.45) is 5.92 Å². The van der Waals surface area contributed by atoms with Crippen molar-refractivity contribution >= 4 is 11.8 Å². The molecule has 168 valence electrons. The van der Waals surface area contributed by atoms with Crippen LogP contribution in [0.1, 0.15) is 33.8 Å². The quantitative estimate of drug-likeness (QED) is 0.724. The number of halogens is 3. The lowest BCUT2D eigenvalue weighted by molar-refractivity contribution is -0.138. The van der Waals surface area contributed by atoms with Crippen LogP contribution >= 0.6 is 0 Å². The third kappa shape index (κ3) is 3.76. The average molecular weight is 446 g/mol. The van der Waals surface area contributed by atoms with Crippen LogP contribution in [0.4, 0.5) is 13.2 Å². The van der Waals surface area contributed by atoms with Gasteiger partial charge < -0.3 is 19.3 Å². The Morgan fingerprint density at radius 3 is 2.34 bits per heavy atom. The largest absolute Gasteiger partial charge is 0.454 e. The van der Waals surface area contributed by atoms with E-state index in [-0.39, 0.29) is 43.2 Å². The highest BCUT2D eigenvalue weighted by molar-refractivity contribution is 5.96. The highest BCUT2D eigenvalue weighted by Gasteiger charge is 2.46. The zero-order chi connectivity index (χ0) is 22.5. The van der Waals surface area contributed by atoms with Gasteiger partial charge in [0.25, 0.3) is 5.91 Å². The second-order valence-corrected chi connectivity index (χ2v) is 8.22. The van der Waals surface area contributed by atoms with Gasteiger partial charge >= 0.3 is 6.18 Å². The maximum atomic E-state index is 13.3. The first-order valence-corrected chi connectivity index (χ1v) is 10.5. The predicted molar refractivity (Wildman–Crippen MR) is 107 cm³/mol. The molecule has 2 aliphatic heterocycles. The van der Waals surface area contributed by atoms with Crippen molar-refractivity contribution < 1.29 is 32.2 Å². The molecule has 0 aromatic heterocycles. The van der Waals surface area contributed by atoms with Gasteiger partial charge in [-0.3, -0.25) is 9.59 Å². The molecule has 5 rings (SSSR count). The van der Waals surface area contributed by atoms with Gasteiger partial charge in [0, 0.05) is 32.1 Å². The van der Waals surface area contributed by atoms with E-state index in [4.69, 9.17) is 9.47 Å². The molecule has 0 N–H and O–H groups in total. The van der Waals surface area contributed by atoms with Crippen LogP contribution in [0.3, 0.4) is 0 Å². The van der Waals surface area contributed by atoms with E-state index in [1.807, 2.05) is 18.2 Å². The van der Waals surface area contributed by atoms with Gasteiger partial charge in [-0.05, 0) is 42.2 Å². The lowest BCUT2D eigenvalue weighted by Crippen LogP contribution is -2.51. The minimum absolute atomic E-state index is 0.0236. The number of carbonyl (C=O) groups excluding carboxylic acids is 2. The summed E-state index contributed by atoms with van der Waals surface area (Å²) in [6, 6.07) is 10.5. The fraction of sp³-hybridized carbons (Fsp3) is 0.391. The number of alkyl halides is 3. The molecular formula is C23H21F3N2O4. The molecule has 2 heterocycles. The molecule has 1 saturated carbocycles. The molecule has 2 aromatic rings. The van der Waals surface area contributed by atoms with Crippen molar-refractivity contribution in [3.8, 4) is 11.5 Å². The Bertz CT molecular complexity index is 1060. The average Bonchev–Trinajstić information content (AvgIpc) is 3.46. The number of hydrogen-bond acceptors (Lipinski definition) is 4. The van der Waals surface area contributed by atoms with Crippen LogP contribution in [0, 0.1) is 5.92 Å². The summed E-state index contributed by atoms with van der Waals surface area (Å²) in [5.74, 6) is 0.751. The molecule has 1 aliphatic carbocycles. The van der Waals surface area contributed by atoms with Crippen LogP contribution < -0.4 is 9.47 Å². The van der Waals surface area contributed by atoms with E-state index >= 15 is 0 Å². The minimum Gasteiger partial charge on any atom is -0.454 e. The summed E-state index contributed by atoms with van der Waals surface area (Å²) in [4.78, 5) is 28.7. The number of rotatable bonds is 3. The monoisotopic (exact) mass is 446 g/mol. The van der Waals surface area contributed by atoms with E-state index in [1.165, 1.54) is 23.1 Å². The Hall–Kier alpha value is -3.23. The minimum atomic E-state index is -4.60. The molecule has 2 fully saturated rings. The Labute approximate surface area is 182 Å². The number of ether oxygens (including phenoxy) is 2. The molecule has 0 bridgehead atoms. The summed E-state index contributed by atoms with van der Waals surface area (Å²) in [6.45, 7) is 1.23. The Kier molecular flexibility index (Phi) is 4.98. The van der Waals surface area contributed by atoms with E-state index in [9.17, 15) is 22.8 Å². The number of hydrogen-bond donors (Lipinski definition) is 0. The smallest absolute Gasteiger partial charge is 0.417 e. The van der Waals surface area contributed by atoms with E-state index in [0.717, 1.165) is 18.1 Å². The van der Waals surface area contributed by atoms with Crippen LogP contribution in [-0.2, 0) is 11.0 Å². The van der Waals surface area contributed by atoms with E-state index in [1.54, 1.807) is 4.90 Å². The fourth-order valence-electron chi connectivity index (χ4n) is 4.43. The highest BCUT2D eigenvalue weighted by atomic mass is 19.4. The van der Waals surface area contributed by atoms with Gasteiger partial charge in [0.15, 0.2) is 11.5 Å². The van der Waals surface area contributed by atoms with Gasteiger partial charge in [-0.15, -0.1) is 0 Å². The number of carbonyl (C=O) groups is 2. The van der Waals surface area contributed by atoms with Crippen LogP contribution in [0.25, 0.3) is 0 Å². The lowest BCUT2D eigenvalue weighted by atomic mass is 10.1. The fourth-order valence-corrected chi connectivity index (χ4v) is 4.43. The van der Waals surface area contributed by atoms with E-state index < -0.39 is 17.6 Å². The van der Waals surface area contributed by atoms with Crippen LogP contribution in [0.5, 0.6) is 11.5 Å². The first kappa shape index (κ1) is 20.7. The van der Waals surface area contributed by atoms with E-state index in [0.29, 0.717) is 24.6 Å². The number of amides is 2. The summed E-state index contributed by atoms with van der Waals surface area (Å²) in [7, 11) is 0. The van der Waals surface area contributed by atoms with Crippen molar-refractivity contribution in [2.75, 3.05) is 33.0 Å². The molecule has 3 aliphatic rings. The van der Waals surface area contributed by atoms with Gasteiger partial charge in [0.1, 0.15) is 0 Å². The summed E-state index contributed by atoms with van der Waals surface area (Å²) >= 11 is 0. The zero-order valence-electron chi connectivity index (χ0n) is 17.1. The third-order valence-corrected chi connectivity index (χ3v) is 6.27. The van der Waals surface area contributed by atoms with Crippen LogP contribution in [0.2, 0.25) is 0 Å².